The number of alkyl halides is 1. The first kappa shape index (κ1) is 15.8. The number of benzene rings is 2. The molecule has 1 atom stereocenters. The van der Waals surface area contributed by atoms with Crippen LogP contribution in [0.15, 0.2) is 18.2 Å². The van der Waals surface area contributed by atoms with Gasteiger partial charge in [-0.25, -0.2) is 30.7 Å². The van der Waals surface area contributed by atoms with Crippen molar-refractivity contribution in [2.24, 2.45) is 0 Å². The van der Waals surface area contributed by atoms with Crippen LogP contribution in [-0.2, 0) is 0 Å². The highest BCUT2D eigenvalue weighted by Gasteiger charge is 2.31. The SMILES string of the molecule is Fc1ccc(C(Br)c2c(F)c(F)c(F)c(F)c2F)c(F)c1. The summed E-state index contributed by atoms with van der Waals surface area (Å²) in [4.78, 5) is -1.68. The van der Waals surface area contributed by atoms with E-state index in [-0.39, 0.29) is 0 Å². The highest BCUT2D eigenvalue weighted by molar-refractivity contribution is 9.09. The van der Waals surface area contributed by atoms with E-state index in [1.807, 2.05) is 0 Å². The third-order valence-electron chi connectivity index (χ3n) is 2.73. The molecule has 8 heteroatoms. The maximum Gasteiger partial charge on any atom is 0.200 e. The lowest BCUT2D eigenvalue weighted by atomic mass is 10.0. The van der Waals surface area contributed by atoms with Gasteiger partial charge in [-0.3, -0.25) is 0 Å². The molecule has 0 nitrogen and oxygen atoms in total. The number of rotatable bonds is 2. The molecule has 0 bridgehead atoms. The second kappa shape index (κ2) is 5.67. The minimum Gasteiger partial charge on any atom is -0.207 e. The van der Waals surface area contributed by atoms with Crippen LogP contribution in [0, 0.1) is 40.7 Å². The molecule has 0 saturated carbocycles. The van der Waals surface area contributed by atoms with E-state index in [4.69, 9.17) is 0 Å². The second-order valence-electron chi connectivity index (χ2n) is 4.01. The molecule has 0 aliphatic heterocycles. The van der Waals surface area contributed by atoms with Crippen LogP contribution in [0.25, 0.3) is 0 Å². The summed E-state index contributed by atoms with van der Waals surface area (Å²) < 4.78 is 92.7. The second-order valence-corrected chi connectivity index (χ2v) is 4.93. The summed E-state index contributed by atoms with van der Waals surface area (Å²) in [5, 5.41) is 0. The van der Waals surface area contributed by atoms with Gasteiger partial charge in [-0.1, -0.05) is 22.0 Å². The standard InChI is InChI=1S/C13H4BrF7/c14-8(5-2-1-4(15)3-6(5)16)7-9(17)11(19)13(21)12(20)10(7)18/h1-3,8H. The molecule has 0 spiro atoms. The molecule has 0 N–H and O–H groups in total. The van der Waals surface area contributed by atoms with Crippen LogP contribution in [0.1, 0.15) is 16.0 Å². The van der Waals surface area contributed by atoms with Gasteiger partial charge in [0.2, 0.25) is 5.82 Å². The average Bonchev–Trinajstić information content (AvgIpc) is 2.43. The summed E-state index contributed by atoms with van der Waals surface area (Å²) in [5.74, 6) is -12.9. The van der Waals surface area contributed by atoms with Crippen molar-refractivity contribution < 1.29 is 30.7 Å². The Labute approximate surface area is 122 Å². The van der Waals surface area contributed by atoms with Gasteiger partial charge in [-0.05, 0) is 6.07 Å². The topological polar surface area (TPSA) is 0 Å². The molecule has 0 saturated heterocycles. The first-order chi connectivity index (χ1) is 9.75. The van der Waals surface area contributed by atoms with Crippen LogP contribution in [-0.4, -0.2) is 0 Å². The fourth-order valence-corrected chi connectivity index (χ4v) is 2.48. The van der Waals surface area contributed by atoms with Crippen molar-refractivity contribution >= 4 is 15.9 Å². The smallest absolute Gasteiger partial charge is 0.200 e. The van der Waals surface area contributed by atoms with Crippen LogP contribution in [0.4, 0.5) is 30.7 Å². The third kappa shape index (κ3) is 2.64. The van der Waals surface area contributed by atoms with Crippen LogP contribution in [0.2, 0.25) is 0 Å². The molecule has 0 aromatic heterocycles. The lowest BCUT2D eigenvalue weighted by Crippen LogP contribution is -2.10. The van der Waals surface area contributed by atoms with Gasteiger partial charge < -0.3 is 0 Å². The van der Waals surface area contributed by atoms with Gasteiger partial charge in [0.25, 0.3) is 0 Å². The summed E-state index contributed by atoms with van der Waals surface area (Å²) in [6.45, 7) is 0. The molecule has 0 aliphatic carbocycles. The predicted octanol–water partition coefficient (Wildman–Crippen LogP) is 5.14. The van der Waals surface area contributed by atoms with Crippen LogP contribution in [0.3, 0.4) is 0 Å². The molecule has 2 rings (SSSR count). The van der Waals surface area contributed by atoms with Crippen molar-refractivity contribution in [1.82, 2.24) is 0 Å². The fourth-order valence-electron chi connectivity index (χ4n) is 1.71. The molecule has 0 fully saturated rings. The van der Waals surface area contributed by atoms with E-state index >= 15 is 0 Å². The van der Waals surface area contributed by atoms with Gasteiger partial charge in [0, 0.05) is 17.2 Å². The van der Waals surface area contributed by atoms with Gasteiger partial charge >= 0.3 is 0 Å². The fraction of sp³-hybridized carbons (Fsp3) is 0.0769. The lowest BCUT2D eigenvalue weighted by molar-refractivity contribution is 0.371. The molecule has 21 heavy (non-hydrogen) atoms. The third-order valence-corrected chi connectivity index (χ3v) is 3.68. The molecule has 1 unspecified atom stereocenters. The maximum atomic E-state index is 13.6. The first-order valence-electron chi connectivity index (χ1n) is 5.36. The van der Waals surface area contributed by atoms with Gasteiger partial charge in [-0.15, -0.1) is 0 Å². The zero-order valence-corrected chi connectivity index (χ0v) is 11.4. The van der Waals surface area contributed by atoms with Crippen LogP contribution >= 0.6 is 15.9 Å². The molecule has 0 aliphatic rings. The zero-order valence-electron chi connectivity index (χ0n) is 9.83. The molecular weight excluding hydrogens is 369 g/mol. The van der Waals surface area contributed by atoms with E-state index in [1.165, 1.54) is 0 Å². The first-order valence-corrected chi connectivity index (χ1v) is 6.27. The van der Waals surface area contributed by atoms with Crippen molar-refractivity contribution in [3.05, 3.63) is 70.0 Å². The average molecular weight is 373 g/mol. The van der Waals surface area contributed by atoms with E-state index in [0.717, 1.165) is 12.1 Å². The molecule has 0 heterocycles. The highest BCUT2D eigenvalue weighted by Crippen LogP contribution is 2.38. The minimum absolute atomic E-state index is 0.426. The molecular formula is C13H4BrF7. The summed E-state index contributed by atoms with van der Waals surface area (Å²) >= 11 is 2.67. The highest BCUT2D eigenvalue weighted by atomic mass is 79.9. The number of halogens is 8. The van der Waals surface area contributed by atoms with Crippen LogP contribution < -0.4 is 0 Å². The Hall–Kier alpha value is -1.57. The Kier molecular flexibility index (Phi) is 4.27. The van der Waals surface area contributed by atoms with Crippen molar-refractivity contribution in [3.63, 3.8) is 0 Å². The van der Waals surface area contributed by atoms with Gasteiger partial charge in [0.1, 0.15) is 11.6 Å². The summed E-state index contributed by atoms with van der Waals surface area (Å²) in [5.41, 5.74) is -1.73. The predicted molar refractivity (Wildman–Crippen MR) is 63.4 cm³/mol. The normalized spacial score (nSPS) is 12.6. The van der Waals surface area contributed by atoms with Crippen LogP contribution in [0.5, 0.6) is 0 Å². The molecule has 0 amide bonds. The number of hydrogen-bond acceptors (Lipinski definition) is 0. The van der Waals surface area contributed by atoms with Crippen molar-refractivity contribution in [1.29, 1.82) is 0 Å². The Morgan fingerprint density at radius 1 is 0.714 bits per heavy atom. The van der Waals surface area contributed by atoms with E-state index in [2.05, 4.69) is 15.9 Å². The largest absolute Gasteiger partial charge is 0.207 e. The summed E-state index contributed by atoms with van der Waals surface area (Å²) in [6.07, 6.45) is 0. The Balaban J connectivity index is 2.66. The summed E-state index contributed by atoms with van der Waals surface area (Å²) in [6, 6.07) is 2.05. The Bertz CT molecular complexity index is 685. The summed E-state index contributed by atoms with van der Waals surface area (Å²) in [7, 11) is 0. The molecule has 0 radical (unpaired) electrons. The maximum absolute atomic E-state index is 13.6. The van der Waals surface area contributed by atoms with Gasteiger partial charge in [-0.2, -0.15) is 0 Å². The zero-order chi connectivity index (χ0) is 15.9. The van der Waals surface area contributed by atoms with E-state index in [1.54, 1.807) is 0 Å². The van der Waals surface area contributed by atoms with E-state index in [9.17, 15) is 30.7 Å². The van der Waals surface area contributed by atoms with E-state index < -0.39 is 56.7 Å². The minimum atomic E-state index is -2.31. The number of hydrogen-bond donors (Lipinski definition) is 0. The molecule has 2 aromatic rings. The monoisotopic (exact) mass is 372 g/mol. The van der Waals surface area contributed by atoms with Gasteiger partial charge in [0.15, 0.2) is 23.3 Å². The molecule has 112 valence electrons. The van der Waals surface area contributed by atoms with E-state index in [0.29, 0.717) is 6.07 Å². The molecule has 2 aromatic carbocycles. The Morgan fingerprint density at radius 3 is 1.67 bits per heavy atom. The Morgan fingerprint density at radius 2 is 1.19 bits per heavy atom. The van der Waals surface area contributed by atoms with Crippen molar-refractivity contribution in [3.8, 4) is 0 Å². The van der Waals surface area contributed by atoms with Crippen molar-refractivity contribution in [2.75, 3.05) is 0 Å². The van der Waals surface area contributed by atoms with Gasteiger partial charge in [0.05, 0.1) is 4.83 Å². The van der Waals surface area contributed by atoms with Crippen molar-refractivity contribution in [2.45, 2.75) is 4.83 Å². The lowest BCUT2D eigenvalue weighted by Gasteiger charge is -2.15. The quantitative estimate of drug-likeness (QED) is 0.296.